The predicted octanol–water partition coefficient (Wildman–Crippen LogP) is 4.02. The lowest BCUT2D eigenvalue weighted by Crippen LogP contribution is -2.67. The van der Waals surface area contributed by atoms with Gasteiger partial charge >= 0.3 is 0 Å². The van der Waals surface area contributed by atoms with Gasteiger partial charge in [-0.15, -0.1) is 0 Å². The first kappa shape index (κ1) is 18.0. The number of nitrogens with zero attached hydrogens (tertiary/aromatic N) is 2. The fourth-order valence-corrected chi connectivity index (χ4v) is 5.62. The van der Waals surface area contributed by atoms with Crippen LogP contribution in [0.4, 0.5) is 0 Å². The normalized spacial score (nSPS) is 26.1. The lowest BCUT2D eigenvalue weighted by molar-refractivity contribution is -0.166. The number of fused-ring (bicyclic) bond motifs is 5. The highest BCUT2D eigenvalue weighted by atomic mass is 35.5. The smallest absolute Gasteiger partial charge is 0.255 e. The molecule has 2 atom stereocenters. The molecule has 1 aliphatic carbocycles. The maximum atomic E-state index is 13.7. The molecule has 6 rings (SSSR count). The Morgan fingerprint density at radius 3 is 2.57 bits per heavy atom. The fourth-order valence-electron chi connectivity index (χ4n) is 5.35. The van der Waals surface area contributed by atoms with Crippen LogP contribution in [0.2, 0.25) is 5.02 Å². The molecule has 2 unspecified atom stereocenters. The van der Waals surface area contributed by atoms with Crippen molar-refractivity contribution in [3.8, 4) is 0 Å². The van der Waals surface area contributed by atoms with E-state index in [0.717, 1.165) is 40.6 Å². The minimum atomic E-state index is -1.02. The summed E-state index contributed by atoms with van der Waals surface area (Å²) in [6, 6.07) is 16.1. The van der Waals surface area contributed by atoms with E-state index in [1.54, 1.807) is 9.80 Å². The van der Waals surface area contributed by atoms with Crippen molar-refractivity contribution in [3.63, 3.8) is 0 Å². The minimum Gasteiger partial charge on any atom is -0.356 e. The van der Waals surface area contributed by atoms with E-state index >= 15 is 0 Å². The highest BCUT2D eigenvalue weighted by Crippen LogP contribution is 2.50. The molecule has 30 heavy (non-hydrogen) atoms. The number of halogens is 1. The largest absolute Gasteiger partial charge is 0.356 e. The SMILES string of the molecule is CC12C(=O)N(C3CC3)CC(=O)N1CC(c1ccccc1Cl)c1c2[nH]c2ccccc12. The minimum absolute atomic E-state index is 0.00496. The van der Waals surface area contributed by atoms with E-state index in [2.05, 4.69) is 11.1 Å². The van der Waals surface area contributed by atoms with Gasteiger partial charge in [0, 0.05) is 34.4 Å². The van der Waals surface area contributed by atoms with Crippen molar-refractivity contribution in [2.75, 3.05) is 13.1 Å². The number of H-pyrrole nitrogens is 1. The van der Waals surface area contributed by atoms with Crippen molar-refractivity contribution in [2.24, 2.45) is 0 Å². The maximum absolute atomic E-state index is 13.7. The van der Waals surface area contributed by atoms with Crippen LogP contribution in [0.3, 0.4) is 0 Å². The zero-order valence-electron chi connectivity index (χ0n) is 16.7. The van der Waals surface area contributed by atoms with Crippen molar-refractivity contribution in [1.29, 1.82) is 0 Å². The molecular formula is C24H22ClN3O2. The van der Waals surface area contributed by atoms with Gasteiger partial charge in [-0.1, -0.05) is 48.0 Å². The van der Waals surface area contributed by atoms with Gasteiger partial charge in [-0.25, -0.2) is 0 Å². The quantitative estimate of drug-likeness (QED) is 0.682. The Kier molecular flexibility index (Phi) is 3.67. The average molecular weight is 420 g/mol. The number of aromatic amines is 1. The number of piperazine rings is 1. The van der Waals surface area contributed by atoms with Crippen LogP contribution in [-0.2, 0) is 15.1 Å². The summed E-state index contributed by atoms with van der Waals surface area (Å²) in [6.07, 6.45) is 1.97. The molecule has 1 N–H and O–H groups in total. The summed E-state index contributed by atoms with van der Waals surface area (Å²) in [5, 5.41) is 1.76. The molecule has 152 valence electrons. The molecule has 0 spiro atoms. The van der Waals surface area contributed by atoms with Gasteiger partial charge in [0.2, 0.25) is 5.91 Å². The Bertz CT molecular complexity index is 1210. The van der Waals surface area contributed by atoms with E-state index in [-0.39, 0.29) is 30.3 Å². The number of benzene rings is 2. The summed E-state index contributed by atoms with van der Waals surface area (Å²) in [5.41, 5.74) is 2.84. The van der Waals surface area contributed by atoms with Gasteiger partial charge in [-0.05, 0) is 43.0 Å². The number of carbonyl (C=O) groups is 2. The van der Waals surface area contributed by atoms with E-state index in [0.29, 0.717) is 11.6 Å². The van der Waals surface area contributed by atoms with Crippen LogP contribution in [0.25, 0.3) is 10.9 Å². The zero-order chi connectivity index (χ0) is 20.6. The van der Waals surface area contributed by atoms with Crippen LogP contribution in [-0.4, -0.2) is 45.7 Å². The standard InChI is InChI=1S/C24H22ClN3O2/c1-24-22-21(16-7-3-5-9-19(16)26-22)17(15-6-2-4-8-18(15)25)12-28(24)20(29)13-27(23(24)30)14-10-11-14/h2-9,14,17,26H,10-13H2,1H3. The first-order valence-electron chi connectivity index (χ1n) is 10.5. The molecule has 2 aromatic carbocycles. The van der Waals surface area contributed by atoms with Crippen LogP contribution < -0.4 is 0 Å². The predicted molar refractivity (Wildman–Crippen MR) is 115 cm³/mol. The molecule has 1 saturated heterocycles. The van der Waals surface area contributed by atoms with Crippen LogP contribution in [0, 0.1) is 0 Å². The highest BCUT2D eigenvalue weighted by molar-refractivity contribution is 6.31. The van der Waals surface area contributed by atoms with Crippen molar-refractivity contribution < 1.29 is 9.59 Å². The number of aromatic nitrogens is 1. The molecule has 3 aliphatic rings. The van der Waals surface area contributed by atoms with Gasteiger partial charge in [0.1, 0.15) is 6.54 Å². The summed E-state index contributed by atoms with van der Waals surface area (Å²) in [6.45, 7) is 2.51. The van der Waals surface area contributed by atoms with Gasteiger partial charge in [0.05, 0.1) is 5.69 Å². The molecular weight excluding hydrogens is 398 g/mol. The first-order valence-corrected chi connectivity index (χ1v) is 10.8. The Hall–Kier alpha value is -2.79. The molecule has 2 aliphatic heterocycles. The van der Waals surface area contributed by atoms with Crippen molar-refractivity contribution in [2.45, 2.75) is 37.3 Å². The monoisotopic (exact) mass is 419 g/mol. The number of carbonyl (C=O) groups excluding carboxylic acids is 2. The van der Waals surface area contributed by atoms with Gasteiger partial charge in [-0.2, -0.15) is 0 Å². The number of para-hydroxylation sites is 1. The van der Waals surface area contributed by atoms with Gasteiger partial charge < -0.3 is 14.8 Å². The highest BCUT2D eigenvalue weighted by Gasteiger charge is 2.58. The summed E-state index contributed by atoms with van der Waals surface area (Å²) in [4.78, 5) is 34.1. The second kappa shape index (κ2) is 6.11. The Labute approximate surface area is 179 Å². The molecule has 1 aromatic heterocycles. The lowest BCUT2D eigenvalue weighted by atomic mass is 9.76. The van der Waals surface area contributed by atoms with E-state index in [4.69, 9.17) is 11.6 Å². The summed E-state index contributed by atoms with van der Waals surface area (Å²) in [5.74, 6) is -0.0671. The van der Waals surface area contributed by atoms with Crippen LogP contribution >= 0.6 is 11.6 Å². The molecule has 3 heterocycles. The van der Waals surface area contributed by atoms with E-state index in [1.165, 1.54) is 0 Å². The third-order valence-electron chi connectivity index (χ3n) is 7.04. The Morgan fingerprint density at radius 2 is 1.80 bits per heavy atom. The van der Waals surface area contributed by atoms with Crippen molar-refractivity contribution >= 4 is 34.3 Å². The van der Waals surface area contributed by atoms with Crippen molar-refractivity contribution in [1.82, 2.24) is 14.8 Å². The fraction of sp³-hybridized carbons (Fsp3) is 0.333. The molecule has 2 fully saturated rings. The first-order chi connectivity index (χ1) is 14.5. The molecule has 0 radical (unpaired) electrons. The third kappa shape index (κ3) is 2.30. The number of rotatable bonds is 2. The topological polar surface area (TPSA) is 56.4 Å². The zero-order valence-corrected chi connectivity index (χ0v) is 17.4. The van der Waals surface area contributed by atoms with Gasteiger partial charge in [0.15, 0.2) is 5.54 Å². The molecule has 3 aromatic rings. The van der Waals surface area contributed by atoms with Crippen LogP contribution in [0.1, 0.15) is 42.5 Å². The van der Waals surface area contributed by atoms with Crippen molar-refractivity contribution in [3.05, 3.63) is 70.4 Å². The second-order valence-electron chi connectivity index (χ2n) is 8.77. The number of hydrogen-bond acceptors (Lipinski definition) is 2. The summed E-state index contributed by atoms with van der Waals surface area (Å²) >= 11 is 6.60. The van der Waals surface area contributed by atoms with Gasteiger partial charge in [-0.3, -0.25) is 9.59 Å². The van der Waals surface area contributed by atoms with Crippen LogP contribution in [0.15, 0.2) is 48.5 Å². The number of nitrogens with one attached hydrogen (secondary N) is 1. The second-order valence-corrected chi connectivity index (χ2v) is 9.18. The molecule has 1 saturated carbocycles. The van der Waals surface area contributed by atoms with E-state index < -0.39 is 5.54 Å². The summed E-state index contributed by atoms with van der Waals surface area (Å²) in [7, 11) is 0. The Morgan fingerprint density at radius 1 is 1.07 bits per heavy atom. The molecule has 2 amide bonds. The maximum Gasteiger partial charge on any atom is 0.255 e. The Balaban J connectivity index is 1.62. The van der Waals surface area contributed by atoms with E-state index in [9.17, 15) is 9.59 Å². The van der Waals surface area contributed by atoms with Crippen LogP contribution in [0.5, 0.6) is 0 Å². The molecule has 6 heteroatoms. The number of hydrogen-bond donors (Lipinski definition) is 1. The average Bonchev–Trinajstić information content (AvgIpc) is 3.51. The third-order valence-corrected chi connectivity index (χ3v) is 7.38. The summed E-state index contributed by atoms with van der Waals surface area (Å²) < 4.78 is 0. The molecule has 5 nitrogen and oxygen atoms in total. The van der Waals surface area contributed by atoms with E-state index in [1.807, 2.05) is 49.4 Å². The number of amides is 2. The molecule has 0 bridgehead atoms. The lowest BCUT2D eigenvalue weighted by Gasteiger charge is -2.51. The van der Waals surface area contributed by atoms with Gasteiger partial charge in [0.25, 0.3) is 5.91 Å².